The number of hydrogen-bond donors (Lipinski definition) is 1. The van der Waals surface area contributed by atoms with Gasteiger partial charge in [-0.3, -0.25) is 0 Å². The molecule has 1 aliphatic rings. The third kappa shape index (κ3) is 2.90. The van der Waals surface area contributed by atoms with Gasteiger partial charge in [-0.15, -0.1) is 0 Å². The highest BCUT2D eigenvalue weighted by atomic mass is 16.6. The SMILES string of the molecule is COc1cc(C(C)O)ccc1OC1CCOC1. The predicted octanol–water partition coefficient (Wildman–Crippen LogP) is 1.92. The van der Waals surface area contributed by atoms with Crippen LogP contribution >= 0.6 is 0 Å². The van der Waals surface area contributed by atoms with Gasteiger partial charge < -0.3 is 19.3 Å². The van der Waals surface area contributed by atoms with Crippen molar-refractivity contribution >= 4 is 0 Å². The second kappa shape index (κ2) is 5.38. The second-order valence-electron chi connectivity index (χ2n) is 4.19. The van der Waals surface area contributed by atoms with Crippen LogP contribution in [0.5, 0.6) is 11.5 Å². The summed E-state index contributed by atoms with van der Waals surface area (Å²) < 4.78 is 16.3. The van der Waals surface area contributed by atoms with E-state index >= 15 is 0 Å². The minimum absolute atomic E-state index is 0.0984. The number of benzene rings is 1. The molecule has 2 atom stereocenters. The predicted molar refractivity (Wildman–Crippen MR) is 63.5 cm³/mol. The molecule has 1 N–H and O–H groups in total. The highest BCUT2D eigenvalue weighted by Crippen LogP contribution is 2.31. The van der Waals surface area contributed by atoms with Gasteiger partial charge >= 0.3 is 0 Å². The zero-order chi connectivity index (χ0) is 12.3. The first-order valence-electron chi connectivity index (χ1n) is 5.81. The molecule has 4 nitrogen and oxygen atoms in total. The van der Waals surface area contributed by atoms with Crippen LogP contribution in [0.1, 0.15) is 25.0 Å². The van der Waals surface area contributed by atoms with Gasteiger partial charge in [0.2, 0.25) is 0 Å². The third-order valence-electron chi connectivity index (χ3n) is 2.85. The van der Waals surface area contributed by atoms with Crippen molar-refractivity contribution in [3.8, 4) is 11.5 Å². The fourth-order valence-corrected chi connectivity index (χ4v) is 1.83. The van der Waals surface area contributed by atoms with Crippen molar-refractivity contribution in [2.75, 3.05) is 20.3 Å². The summed E-state index contributed by atoms with van der Waals surface area (Å²) in [5.74, 6) is 1.35. The molecule has 1 aliphatic heterocycles. The zero-order valence-corrected chi connectivity index (χ0v) is 10.2. The molecule has 1 aromatic rings. The molecule has 1 heterocycles. The van der Waals surface area contributed by atoms with E-state index in [0.29, 0.717) is 18.1 Å². The first-order chi connectivity index (χ1) is 8.20. The van der Waals surface area contributed by atoms with Crippen LogP contribution in [-0.2, 0) is 4.74 Å². The molecule has 0 amide bonds. The van der Waals surface area contributed by atoms with Crippen molar-refractivity contribution in [1.29, 1.82) is 0 Å². The fraction of sp³-hybridized carbons (Fsp3) is 0.538. The average molecular weight is 238 g/mol. The maximum Gasteiger partial charge on any atom is 0.161 e. The van der Waals surface area contributed by atoms with E-state index in [1.165, 1.54) is 0 Å². The molecule has 0 aliphatic carbocycles. The average Bonchev–Trinajstić information content (AvgIpc) is 2.82. The van der Waals surface area contributed by atoms with Crippen LogP contribution in [0.4, 0.5) is 0 Å². The van der Waals surface area contributed by atoms with Gasteiger partial charge in [-0.1, -0.05) is 6.07 Å². The van der Waals surface area contributed by atoms with Crippen LogP contribution in [-0.4, -0.2) is 31.5 Å². The lowest BCUT2D eigenvalue weighted by Crippen LogP contribution is -2.16. The Hall–Kier alpha value is -1.26. The quantitative estimate of drug-likeness (QED) is 0.870. The summed E-state index contributed by atoms with van der Waals surface area (Å²) in [7, 11) is 1.60. The standard InChI is InChI=1S/C13H18O4/c1-9(14)10-3-4-12(13(7-10)15-2)17-11-5-6-16-8-11/h3-4,7,9,11,14H,5-6,8H2,1-2H3. The van der Waals surface area contributed by atoms with Crippen molar-refractivity contribution in [3.63, 3.8) is 0 Å². The number of rotatable bonds is 4. The molecule has 0 spiro atoms. The van der Waals surface area contributed by atoms with E-state index in [-0.39, 0.29) is 6.10 Å². The Morgan fingerprint density at radius 2 is 2.24 bits per heavy atom. The van der Waals surface area contributed by atoms with E-state index < -0.39 is 6.10 Å². The number of aliphatic hydroxyl groups is 1. The van der Waals surface area contributed by atoms with Gasteiger partial charge in [0, 0.05) is 6.42 Å². The van der Waals surface area contributed by atoms with E-state index in [0.717, 1.165) is 18.6 Å². The van der Waals surface area contributed by atoms with E-state index in [2.05, 4.69) is 0 Å². The van der Waals surface area contributed by atoms with Crippen LogP contribution in [0.15, 0.2) is 18.2 Å². The Morgan fingerprint density at radius 1 is 1.41 bits per heavy atom. The Bertz CT molecular complexity index is 370. The Kier molecular flexibility index (Phi) is 3.86. The van der Waals surface area contributed by atoms with Crippen molar-refractivity contribution < 1.29 is 19.3 Å². The number of aliphatic hydroxyl groups excluding tert-OH is 1. The van der Waals surface area contributed by atoms with Crippen molar-refractivity contribution in [1.82, 2.24) is 0 Å². The minimum Gasteiger partial charge on any atom is -0.493 e. The molecule has 0 radical (unpaired) electrons. The summed E-state index contributed by atoms with van der Waals surface area (Å²) in [6.45, 7) is 3.10. The third-order valence-corrected chi connectivity index (χ3v) is 2.85. The van der Waals surface area contributed by atoms with Gasteiger partial charge in [-0.05, 0) is 24.6 Å². The normalized spacial score (nSPS) is 21.2. The van der Waals surface area contributed by atoms with E-state index in [4.69, 9.17) is 14.2 Å². The largest absolute Gasteiger partial charge is 0.493 e. The molecule has 4 heteroatoms. The lowest BCUT2D eigenvalue weighted by atomic mass is 10.1. The van der Waals surface area contributed by atoms with Crippen molar-refractivity contribution in [2.24, 2.45) is 0 Å². The number of methoxy groups -OCH3 is 1. The summed E-state index contributed by atoms with van der Waals surface area (Å²) in [6.07, 6.45) is 0.496. The van der Waals surface area contributed by atoms with Gasteiger partial charge in [0.05, 0.1) is 26.4 Å². The molecular weight excluding hydrogens is 220 g/mol. The summed E-state index contributed by atoms with van der Waals surface area (Å²) in [5, 5.41) is 9.50. The molecule has 94 valence electrons. The monoisotopic (exact) mass is 238 g/mol. The van der Waals surface area contributed by atoms with E-state index in [1.54, 1.807) is 20.1 Å². The van der Waals surface area contributed by atoms with Crippen molar-refractivity contribution in [3.05, 3.63) is 23.8 Å². The molecule has 17 heavy (non-hydrogen) atoms. The second-order valence-corrected chi connectivity index (χ2v) is 4.19. The van der Waals surface area contributed by atoms with E-state index in [1.807, 2.05) is 12.1 Å². The maximum atomic E-state index is 9.50. The minimum atomic E-state index is -0.507. The van der Waals surface area contributed by atoms with Gasteiger partial charge in [-0.2, -0.15) is 0 Å². The van der Waals surface area contributed by atoms with Gasteiger partial charge in [0.15, 0.2) is 11.5 Å². The van der Waals surface area contributed by atoms with Crippen LogP contribution in [0.2, 0.25) is 0 Å². The highest BCUT2D eigenvalue weighted by molar-refractivity contribution is 5.43. The van der Waals surface area contributed by atoms with Crippen LogP contribution in [0, 0.1) is 0 Å². The first kappa shape index (κ1) is 12.2. The lowest BCUT2D eigenvalue weighted by molar-refractivity contribution is 0.138. The Balaban J connectivity index is 2.15. The van der Waals surface area contributed by atoms with Gasteiger partial charge in [-0.25, -0.2) is 0 Å². The van der Waals surface area contributed by atoms with Gasteiger partial charge in [0.25, 0.3) is 0 Å². The molecule has 0 bridgehead atoms. The molecule has 0 aromatic heterocycles. The Labute approximate surface area is 101 Å². The summed E-state index contributed by atoms with van der Waals surface area (Å²) >= 11 is 0. The van der Waals surface area contributed by atoms with Crippen LogP contribution in [0.3, 0.4) is 0 Å². The summed E-state index contributed by atoms with van der Waals surface area (Å²) in [5.41, 5.74) is 0.817. The zero-order valence-electron chi connectivity index (χ0n) is 10.2. The number of ether oxygens (including phenoxy) is 3. The molecular formula is C13H18O4. The topological polar surface area (TPSA) is 47.9 Å². The van der Waals surface area contributed by atoms with Crippen LogP contribution < -0.4 is 9.47 Å². The first-order valence-corrected chi connectivity index (χ1v) is 5.81. The number of hydrogen-bond acceptors (Lipinski definition) is 4. The van der Waals surface area contributed by atoms with E-state index in [9.17, 15) is 5.11 Å². The van der Waals surface area contributed by atoms with Gasteiger partial charge in [0.1, 0.15) is 6.10 Å². The van der Waals surface area contributed by atoms with Crippen LogP contribution in [0.25, 0.3) is 0 Å². The fourth-order valence-electron chi connectivity index (χ4n) is 1.83. The Morgan fingerprint density at radius 3 is 2.82 bits per heavy atom. The van der Waals surface area contributed by atoms with Crippen molar-refractivity contribution in [2.45, 2.75) is 25.6 Å². The molecule has 2 rings (SSSR count). The molecule has 1 saturated heterocycles. The lowest BCUT2D eigenvalue weighted by Gasteiger charge is -2.16. The molecule has 0 saturated carbocycles. The summed E-state index contributed by atoms with van der Waals surface area (Å²) in [4.78, 5) is 0. The maximum absolute atomic E-state index is 9.50. The smallest absolute Gasteiger partial charge is 0.161 e. The molecule has 1 aromatic carbocycles. The molecule has 2 unspecified atom stereocenters. The molecule has 1 fully saturated rings. The highest BCUT2D eigenvalue weighted by Gasteiger charge is 2.19. The summed E-state index contributed by atoms with van der Waals surface area (Å²) in [6, 6.07) is 5.48.